The van der Waals surface area contributed by atoms with Gasteiger partial charge in [0.05, 0.1) is 0 Å². The summed E-state index contributed by atoms with van der Waals surface area (Å²) in [5.41, 5.74) is 0. The van der Waals surface area contributed by atoms with Crippen LogP contribution in [0.25, 0.3) is 0 Å². The molecule has 96 valence electrons. The lowest BCUT2D eigenvalue weighted by Crippen LogP contribution is -2.07. The molecular weight excluding hydrogens is 194 g/mol. The molecule has 2 atom stereocenters. The quantitative estimate of drug-likeness (QED) is 0.501. The maximum atomic E-state index is 3.22. The molecule has 1 heteroatoms. The SMILES string of the molecule is CNCCCCCCC1CCCC(C)CC1. The Kier molecular flexibility index (Phi) is 7.92. The first-order valence-corrected chi connectivity index (χ1v) is 7.47. The number of nitrogens with one attached hydrogen (secondary N) is 1. The van der Waals surface area contributed by atoms with Crippen molar-refractivity contribution in [3.8, 4) is 0 Å². The van der Waals surface area contributed by atoms with Gasteiger partial charge in [0, 0.05) is 0 Å². The topological polar surface area (TPSA) is 12.0 Å². The van der Waals surface area contributed by atoms with Crippen molar-refractivity contribution in [2.75, 3.05) is 13.6 Å². The van der Waals surface area contributed by atoms with Crippen LogP contribution >= 0.6 is 0 Å². The predicted molar refractivity (Wildman–Crippen MR) is 72.8 cm³/mol. The van der Waals surface area contributed by atoms with Crippen LogP contribution in [0.3, 0.4) is 0 Å². The van der Waals surface area contributed by atoms with Crippen LogP contribution in [0.4, 0.5) is 0 Å². The summed E-state index contributed by atoms with van der Waals surface area (Å²) >= 11 is 0. The lowest BCUT2D eigenvalue weighted by atomic mass is 9.93. The van der Waals surface area contributed by atoms with Gasteiger partial charge in [0.1, 0.15) is 0 Å². The number of unbranched alkanes of at least 4 members (excludes halogenated alkanes) is 3. The highest BCUT2D eigenvalue weighted by atomic mass is 14.8. The van der Waals surface area contributed by atoms with Gasteiger partial charge in [-0.05, 0) is 31.8 Å². The lowest BCUT2D eigenvalue weighted by Gasteiger charge is -2.13. The van der Waals surface area contributed by atoms with E-state index < -0.39 is 0 Å². The molecule has 0 aromatic carbocycles. The second-order valence-corrected chi connectivity index (χ2v) is 5.79. The maximum absolute atomic E-state index is 3.22. The van der Waals surface area contributed by atoms with Gasteiger partial charge in [-0.2, -0.15) is 0 Å². The minimum Gasteiger partial charge on any atom is -0.320 e. The molecule has 0 bridgehead atoms. The fraction of sp³-hybridized carbons (Fsp3) is 1.00. The molecule has 0 aliphatic heterocycles. The Labute approximate surface area is 102 Å². The zero-order valence-corrected chi connectivity index (χ0v) is 11.4. The van der Waals surface area contributed by atoms with Crippen LogP contribution in [0.15, 0.2) is 0 Å². The van der Waals surface area contributed by atoms with Crippen LogP contribution in [0, 0.1) is 11.8 Å². The monoisotopic (exact) mass is 225 g/mol. The average Bonchev–Trinajstić information content (AvgIpc) is 2.49. The van der Waals surface area contributed by atoms with E-state index in [1.54, 1.807) is 0 Å². The molecule has 0 saturated heterocycles. The number of hydrogen-bond donors (Lipinski definition) is 1. The Morgan fingerprint density at radius 1 is 0.938 bits per heavy atom. The Hall–Kier alpha value is -0.0400. The minimum absolute atomic E-state index is 1.00. The normalized spacial score (nSPS) is 26.6. The van der Waals surface area contributed by atoms with Crippen molar-refractivity contribution in [1.82, 2.24) is 5.32 Å². The van der Waals surface area contributed by atoms with Crippen LogP contribution in [0.5, 0.6) is 0 Å². The van der Waals surface area contributed by atoms with Crippen molar-refractivity contribution in [2.45, 2.75) is 71.1 Å². The summed E-state index contributed by atoms with van der Waals surface area (Å²) in [5.74, 6) is 2.06. The third-order valence-corrected chi connectivity index (χ3v) is 4.17. The van der Waals surface area contributed by atoms with E-state index in [0.717, 1.165) is 11.8 Å². The van der Waals surface area contributed by atoms with Crippen LogP contribution in [-0.4, -0.2) is 13.6 Å². The molecule has 1 fully saturated rings. The van der Waals surface area contributed by atoms with Gasteiger partial charge in [-0.1, -0.05) is 64.7 Å². The molecule has 0 radical (unpaired) electrons. The molecular formula is C15H31N. The van der Waals surface area contributed by atoms with Gasteiger partial charge in [-0.3, -0.25) is 0 Å². The van der Waals surface area contributed by atoms with Crippen molar-refractivity contribution in [1.29, 1.82) is 0 Å². The lowest BCUT2D eigenvalue weighted by molar-refractivity contribution is 0.398. The molecule has 1 nitrogen and oxygen atoms in total. The molecule has 1 N–H and O–H groups in total. The Bertz CT molecular complexity index is 156. The van der Waals surface area contributed by atoms with Gasteiger partial charge in [-0.15, -0.1) is 0 Å². The first kappa shape index (κ1) is 14.0. The first-order valence-electron chi connectivity index (χ1n) is 7.47. The molecule has 1 rings (SSSR count). The Balaban J connectivity index is 1.95. The van der Waals surface area contributed by atoms with Gasteiger partial charge in [0.25, 0.3) is 0 Å². The third kappa shape index (κ3) is 6.52. The fourth-order valence-corrected chi connectivity index (χ4v) is 2.94. The van der Waals surface area contributed by atoms with Gasteiger partial charge in [0.2, 0.25) is 0 Å². The smallest absolute Gasteiger partial charge is 0.00519 e. The maximum Gasteiger partial charge on any atom is -0.00519 e. The zero-order valence-electron chi connectivity index (χ0n) is 11.4. The summed E-state index contributed by atoms with van der Waals surface area (Å²) in [5, 5.41) is 3.22. The average molecular weight is 225 g/mol. The number of rotatable bonds is 7. The standard InChI is InChI=1S/C15H31N/c1-14-8-7-10-15(12-11-14)9-5-3-4-6-13-16-2/h14-16H,3-13H2,1-2H3. The summed E-state index contributed by atoms with van der Waals surface area (Å²) in [4.78, 5) is 0. The van der Waals surface area contributed by atoms with E-state index in [-0.39, 0.29) is 0 Å². The summed E-state index contributed by atoms with van der Waals surface area (Å²) in [6.45, 7) is 3.63. The van der Waals surface area contributed by atoms with Crippen molar-refractivity contribution < 1.29 is 0 Å². The molecule has 0 spiro atoms. The summed E-state index contributed by atoms with van der Waals surface area (Å²) < 4.78 is 0. The van der Waals surface area contributed by atoms with E-state index in [4.69, 9.17) is 0 Å². The second kappa shape index (κ2) is 9.04. The summed E-state index contributed by atoms with van der Waals surface area (Å²) in [7, 11) is 2.05. The predicted octanol–water partition coefficient (Wildman–Crippen LogP) is 4.37. The summed E-state index contributed by atoms with van der Waals surface area (Å²) in [6.07, 6.45) is 14.7. The fourth-order valence-electron chi connectivity index (χ4n) is 2.94. The second-order valence-electron chi connectivity index (χ2n) is 5.79. The molecule has 0 amide bonds. The molecule has 16 heavy (non-hydrogen) atoms. The molecule has 0 heterocycles. The molecule has 2 unspecified atom stereocenters. The molecule has 1 saturated carbocycles. The third-order valence-electron chi connectivity index (χ3n) is 4.17. The van der Waals surface area contributed by atoms with Gasteiger partial charge < -0.3 is 5.32 Å². The van der Waals surface area contributed by atoms with E-state index in [1.165, 1.54) is 70.8 Å². The van der Waals surface area contributed by atoms with E-state index in [2.05, 4.69) is 12.2 Å². The molecule has 0 aromatic rings. The van der Waals surface area contributed by atoms with E-state index in [0.29, 0.717) is 0 Å². The van der Waals surface area contributed by atoms with Crippen molar-refractivity contribution >= 4 is 0 Å². The highest BCUT2D eigenvalue weighted by molar-refractivity contribution is 4.68. The summed E-state index contributed by atoms with van der Waals surface area (Å²) in [6, 6.07) is 0. The zero-order chi connectivity index (χ0) is 11.6. The Morgan fingerprint density at radius 2 is 1.75 bits per heavy atom. The molecule has 0 aromatic heterocycles. The van der Waals surface area contributed by atoms with Gasteiger partial charge in [0.15, 0.2) is 0 Å². The molecule has 1 aliphatic carbocycles. The molecule has 1 aliphatic rings. The van der Waals surface area contributed by atoms with Crippen LogP contribution < -0.4 is 5.32 Å². The highest BCUT2D eigenvalue weighted by Crippen LogP contribution is 2.30. The Morgan fingerprint density at radius 3 is 2.56 bits per heavy atom. The number of hydrogen-bond acceptors (Lipinski definition) is 1. The van der Waals surface area contributed by atoms with Crippen LogP contribution in [-0.2, 0) is 0 Å². The van der Waals surface area contributed by atoms with E-state index >= 15 is 0 Å². The van der Waals surface area contributed by atoms with Crippen molar-refractivity contribution in [2.24, 2.45) is 11.8 Å². The largest absolute Gasteiger partial charge is 0.320 e. The highest BCUT2D eigenvalue weighted by Gasteiger charge is 2.15. The van der Waals surface area contributed by atoms with Crippen LogP contribution in [0.1, 0.15) is 71.1 Å². The first-order chi connectivity index (χ1) is 7.83. The van der Waals surface area contributed by atoms with Gasteiger partial charge in [-0.25, -0.2) is 0 Å². The van der Waals surface area contributed by atoms with Crippen molar-refractivity contribution in [3.63, 3.8) is 0 Å². The van der Waals surface area contributed by atoms with E-state index in [1.807, 2.05) is 7.05 Å². The van der Waals surface area contributed by atoms with Gasteiger partial charge >= 0.3 is 0 Å². The minimum atomic E-state index is 1.00. The van der Waals surface area contributed by atoms with Crippen LogP contribution in [0.2, 0.25) is 0 Å². The van der Waals surface area contributed by atoms with E-state index in [9.17, 15) is 0 Å². The van der Waals surface area contributed by atoms with Crippen molar-refractivity contribution in [3.05, 3.63) is 0 Å².